The van der Waals surface area contributed by atoms with Gasteiger partial charge in [0.15, 0.2) is 0 Å². The van der Waals surface area contributed by atoms with Crippen molar-refractivity contribution in [2.45, 2.75) is 19.5 Å². The summed E-state index contributed by atoms with van der Waals surface area (Å²) >= 11 is 7.68. The summed E-state index contributed by atoms with van der Waals surface area (Å²) in [5.74, 6) is -0.597. The Bertz CT molecular complexity index is 1250. The summed E-state index contributed by atoms with van der Waals surface area (Å²) in [7, 11) is 0. The number of benzene rings is 2. The van der Waals surface area contributed by atoms with E-state index in [0.717, 1.165) is 29.5 Å². The fraction of sp³-hybridized carbons (Fsp3) is 0.158. The van der Waals surface area contributed by atoms with Gasteiger partial charge in [0.2, 0.25) is 5.91 Å². The lowest BCUT2D eigenvalue weighted by Crippen LogP contribution is -2.13. The van der Waals surface area contributed by atoms with Gasteiger partial charge in [-0.1, -0.05) is 35.1 Å². The molecule has 0 bridgehead atoms. The number of hydrogen-bond acceptors (Lipinski definition) is 5. The SMILES string of the molecule is CC(=O)Nc1cc(-c2nnc(Cc3ccc4[nH]ncc4c3Cl)s2)ccc1C(F)(F)F. The summed E-state index contributed by atoms with van der Waals surface area (Å²) in [6, 6.07) is 7.20. The Morgan fingerprint density at radius 2 is 2.03 bits per heavy atom. The van der Waals surface area contributed by atoms with Crippen LogP contribution in [0.1, 0.15) is 23.1 Å². The second-order valence-electron chi connectivity index (χ2n) is 6.49. The Hall–Kier alpha value is -2.98. The fourth-order valence-corrected chi connectivity index (χ4v) is 4.13. The topological polar surface area (TPSA) is 83.6 Å². The zero-order valence-corrected chi connectivity index (χ0v) is 16.9. The summed E-state index contributed by atoms with van der Waals surface area (Å²) in [5, 5.41) is 19.7. The van der Waals surface area contributed by atoms with E-state index in [0.29, 0.717) is 27.0 Å². The first-order chi connectivity index (χ1) is 14.2. The molecule has 4 rings (SSSR count). The van der Waals surface area contributed by atoms with Crippen molar-refractivity contribution in [1.29, 1.82) is 0 Å². The number of hydrogen-bond donors (Lipinski definition) is 2. The molecule has 0 saturated heterocycles. The van der Waals surface area contributed by atoms with Crippen LogP contribution in [0.2, 0.25) is 5.02 Å². The van der Waals surface area contributed by atoms with Gasteiger partial charge in [-0.15, -0.1) is 10.2 Å². The molecular weight excluding hydrogens is 439 g/mol. The molecule has 4 aromatic rings. The van der Waals surface area contributed by atoms with Gasteiger partial charge in [-0.3, -0.25) is 9.89 Å². The third kappa shape index (κ3) is 4.01. The number of halogens is 4. The fourth-order valence-electron chi connectivity index (χ4n) is 2.99. The standard InChI is InChI=1S/C19H13ClF3N5OS/c1-9(29)25-15-6-11(2-4-13(15)19(21,22)23)18-28-27-16(30-18)7-10-3-5-14-12(17(10)20)8-24-26-14/h2-6,8H,7H2,1H3,(H,24,26)(H,25,29). The molecule has 0 aliphatic carbocycles. The number of amides is 1. The molecule has 0 unspecified atom stereocenters. The van der Waals surface area contributed by atoms with E-state index in [1.807, 2.05) is 12.1 Å². The lowest BCUT2D eigenvalue weighted by molar-refractivity contribution is -0.136. The molecule has 0 radical (unpaired) electrons. The average Bonchev–Trinajstić information content (AvgIpc) is 3.32. The predicted molar refractivity (Wildman–Crippen MR) is 109 cm³/mol. The van der Waals surface area contributed by atoms with E-state index >= 15 is 0 Å². The van der Waals surface area contributed by atoms with Gasteiger partial charge in [-0.2, -0.15) is 18.3 Å². The molecule has 0 fully saturated rings. The number of alkyl halides is 3. The van der Waals surface area contributed by atoms with Crippen molar-refractivity contribution in [3.8, 4) is 10.6 Å². The summed E-state index contributed by atoms with van der Waals surface area (Å²) < 4.78 is 39.6. The van der Waals surface area contributed by atoms with Crippen molar-refractivity contribution < 1.29 is 18.0 Å². The summed E-state index contributed by atoms with van der Waals surface area (Å²) in [6.07, 6.45) is -2.54. The number of carbonyl (C=O) groups is 1. The van der Waals surface area contributed by atoms with Gasteiger partial charge in [0, 0.05) is 24.3 Å². The van der Waals surface area contributed by atoms with Crippen LogP contribution in [0, 0.1) is 0 Å². The number of nitrogens with zero attached hydrogens (tertiary/aromatic N) is 3. The monoisotopic (exact) mass is 451 g/mol. The normalized spacial score (nSPS) is 11.8. The molecule has 1 amide bonds. The highest BCUT2D eigenvalue weighted by Crippen LogP contribution is 2.38. The van der Waals surface area contributed by atoms with E-state index < -0.39 is 17.6 Å². The van der Waals surface area contributed by atoms with Gasteiger partial charge in [0.05, 0.1) is 28.0 Å². The van der Waals surface area contributed by atoms with Crippen molar-refractivity contribution >= 4 is 45.4 Å². The third-order valence-electron chi connectivity index (χ3n) is 4.33. The van der Waals surface area contributed by atoms with Crippen molar-refractivity contribution in [1.82, 2.24) is 20.4 Å². The maximum absolute atomic E-state index is 13.2. The third-order valence-corrected chi connectivity index (χ3v) is 5.75. The van der Waals surface area contributed by atoms with Gasteiger partial charge < -0.3 is 5.32 Å². The average molecular weight is 452 g/mol. The molecule has 0 atom stereocenters. The highest BCUT2D eigenvalue weighted by Gasteiger charge is 2.34. The summed E-state index contributed by atoms with van der Waals surface area (Å²) in [4.78, 5) is 11.3. The highest BCUT2D eigenvalue weighted by atomic mass is 35.5. The second kappa shape index (κ2) is 7.69. The van der Waals surface area contributed by atoms with Gasteiger partial charge in [-0.25, -0.2) is 0 Å². The van der Waals surface area contributed by atoms with Gasteiger partial charge in [0.25, 0.3) is 0 Å². The number of nitrogens with one attached hydrogen (secondary N) is 2. The molecule has 0 aliphatic heterocycles. The van der Waals surface area contributed by atoms with Gasteiger partial charge >= 0.3 is 6.18 Å². The van der Waals surface area contributed by atoms with E-state index in [1.165, 1.54) is 23.5 Å². The van der Waals surface area contributed by atoms with Crippen LogP contribution in [0.5, 0.6) is 0 Å². The first-order valence-corrected chi connectivity index (χ1v) is 9.84. The van der Waals surface area contributed by atoms with E-state index in [2.05, 4.69) is 25.7 Å². The Balaban J connectivity index is 1.64. The van der Waals surface area contributed by atoms with Crippen LogP contribution in [0.15, 0.2) is 36.5 Å². The van der Waals surface area contributed by atoms with Crippen LogP contribution in [-0.2, 0) is 17.4 Å². The molecule has 11 heteroatoms. The quantitative estimate of drug-likeness (QED) is 0.441. The molecule has 0 spiro atoms. The van der Waals surface area contributed by atoms with Crippen LogP contribution in [0.25, 0.3) is 21.5 Å². The zero-order valence-electron chi connectivity index (χ0n) is 15.3. The van der Waals surface area contributed by atoms with Crippen LogP contribution >= 0.6 is 22.9 Å². The molecule has 2 N–H and O–H groups in total. The van der Waals surface area contributed by atoms with E-state index in [4.69, 9.17) is 11.6 Å². The first-order valence-electron chi connectivity index (χ1n) is 8.64. The number of H-pyrrole nitrogens is 1. The summed E-state index contributed by atoms with van der Waals surface area (Å²) in [6.45, 7) is 1.15. The van der Waals surface area contributed by atoms with Gasteiger partial charge in [-0.05, 0) is 23.8 Å². The van der Waals surface area contributed by atoms with Crippen LogP contribution in [0.3, 0.4) is 0 Å². The Labute approximate surface area is 177 Å². The van der Waals surface area contributed by atoms with Crippen molar-refractivity contribution in [2.24, 2.45) is 0 Å². The summed E-state index contributed by atoms with van der Waals surface area (Å²) in [5.41, 5.74) is 0.826. The number of aromatic nitrogens is 4. The first kappa shape index (κ1) is 20.3. The van der Waals surface area contributed by atoms with E-state index in [9.17, 15) is 18.0 Å². The number of rotatable bonds is 4. The van der Waals surface area contributed by atoms with E-state index in [-0.39, 0.29) is 5.69 Å². The van der Waals surface area contributed by atoms with Crippen LogP contribution in [0.4, 0.5) is 18.9 Å². The predicted octanol–water partition coefficient (Wildman–Crippen LogP) is 5.30. The van der Waals surface area contributed by atoms with Crippen LogP contribution in [-0.4, -0.2) is 26.3 Å². The second-order valence-corrected chi connectivity index (χ2v) is 7.93. The molecule has 2 heterocycles. The molecule has 6 nitrogen and oxygen atoms in total. The van der Waals surface area contributed by atoms with E-state index in [1.54, 1.807) is 6.20 Å². The molecule has 30 heavy (non-hydrogen) atoms. The lowest BCUT2D eigenvalue weighted by Gasteiger charge is -2.13. The molecule has 0 saturated carbocycles. The molecule has 154 valence electrons. The Kier molecular flexibility index (Phi) is 5.20. The molecular formula is C19H13ClF3N5OS. The zero-order chi connectivity index (χ0) is 21.5. The molecule has 0 aliphatic rings. The van der Waals surface area contributed by atoms with Crippen molar-refractivity contribution in [3.05, 3.63) is 57.7 Å². The highest BCUT2D eigenvalue weighted by molar-refractivity contribution is 7.14. The van der Waals surface area contributed by atoms with Crippen molar-refractivity contribution in [2.75, 3.05) is 5.32 Å². The maximum Gasteiger partial charge on any atom is 0.418 e. The Morgan fingerprint density at radius 1 is 1.23 bits per heavy atom. The number of aromatic amines is 1. The van der Waals surface area contributed by atoms with Crippen molar-refractivity contribution in [3.63, 3.8) is 0 Å². The smallest absolute Gasteiger partial charge is 0.326 e. The minimum atomic E-state index is -4.59. The Morgan fingerprint density at radius 3 is 2.77 bits per heavy atom. The number of anilines is 1. The van der Waals surface area contributed by atoms with Crippen LogP contribution < -0.4 is 5.32 Å². The van der Waals surface area contributed by atoms with Gasteiger partial charge in [0.1, 0.15) is 10.0 Å². The largest absolute Gasteiger partial charge is 0.418 e. The number of fused-ring (bicyclic) bond motifs is 1. The molecule has 2 aromatic carbocycles. The number of carbonyl (C=O) groups excluding carboxylic acids is 1. The lowest BCUT2D eigenvalue weighted by atomic mass is 10.1. The minimum absolute atomic E-state index is 0.322. The maximum atomic E-state index is 13.2. The minimum Gasteiger partial charge on any atom is -0.326 e. The molecule has 2 aromatic heterocycles.